The lowest BCUT2D eigenvalue weighted by Crippen LogP contribution is -2.30. The molecule has 118 valence electrons. The number of aryl methyl sites for hydroxylation is 1. The van der Waals surface area contributed by atoms with Crippen LogP contribution in [0.25, 0.3) is 0 Å². The fourth-order valence-corrected chi connectivity index (χ4v) is 3.10. The van der Waals surface area contributed by atoms with Crippen LogP contribution < -0.4 is 15.4 Å². The second-order valence-corrected chi connectivity index (χ2v) is 5.89. The molecule has 1 atom stereocenters. The van der Waals surface area contributed by atoms with E-state index in [9.17, 15) is 4.79 Å². The molecule has 6 nitrogen and oxygen atoms in total. The molecule has 0 saturated carbocycles. The number of rotatable bonds is 2. The van der Waals surface area contributed by atoms with Gasteiger partial charge in [0.05, 0.1) is 5.69 Å². The SMILES string of the molecule is Cc1nc2c(c(NC3CCNC3=O)n1)Cc1ccccc1OC2. The number of hydrogen-bond donors (Lipinski definition) is 2. The standard InChI is InChI=1S/C17H18N4O2/c1-10-19-14-9-23-15-5-3-2-4-11(15)8-12(14)16(20-10)21-13-6-7-18-17(13)22/h2-5,13H,6-9H2,1H3,(H,18,22)(H,19,20,21). The summed E-state index contributed by atoms with van der Waals surface area (Å²) in [4.78, 5) is 20.9. The van der Waals surface area contributed by atoms with Crippen molar-refractivity contribution in [3.8, 4) is 5.75 Å². The first-order valence-corrected chi connectivity index (χ1v) is 7.82. The van der Waals surface area contributed by atoms with E-state index in [1.165, 1.54) is 0 Å². The molecular formula is C17H18N4O2. The number of fused-ring (bicyclic) bond motifs is 2. The average Bonchev–Trinajstić information content (AvgIpc) is 2.84. The third kappa shape index (κ3) is 2.60. The minimum Gasteiger partial charge on any atom is -0.487 e. The first-order valence-electron chi connectivity index (χ1n) is 7.82. The number of nitrogens with one attached hydrogen (secondary N) is 2. The summed E-state index contributed by atoms with van der Waals surface area (Å²) in [7, 11) is 0. The lowest BCUT2D eigenvalue weighted by molar-refractivity contribution is -0.119. The van der Waals surface area contributed by atoms with Crippen LogP contribution >= 0.6 is 0 Å². The van der Waals surface area contributed by atoms with Gasteiger partial charge in [0.25, 0.3) is 0 Å². The number of ether oxygens (including phenoxy) is 1. The molecule has 6 heteroatoms. The summed E-state index contributed by atoms with van der Waals surface area (Å²) in [6.07, 6.45) is 1.46. The predicted molar refractivity (Wildman–Crippen MR) is 85.4 cm³/mol. The van der Waals surface area contributed by atoms with Gasteiger partial charge in [0.2, 0.25) is 5.91 Å². The van der Waals surface area contributed by atoms with Gasteiger partial charge in [-0.3, -0.25) is 4.79 Å². The highest BCUT2D eigenvalue weighted by Gasteiger charge is 2.27. The highest BCUT2D eigenvalue weighted by atomic mass is 16.5. The Kier molecular flexibility index (Phi) is 3.37. The van der Waals surface area contributed by atoms with Crippen molar-refractivity contribution in [1.82, 2.24) is 15.3 Å². The van der Waals surface area contributed by atoms with Crippen molar-refractivity contribution >= 4 is 11.7 Å². The van der Waals surface area contributed by atoms with Crippen LogP contribution in [0.5, 0.6) is 5.75 Å². The molecular weight excluding hydrogens is 292 g/mol. The van der Waals surface area contributed by atoms with Crippen molar-refractivity contribution in [2.45, 2.75) is 32.4 Å². The minimum absolute atomic E-state index is 0.0280. The number of hydrogen-bond acceptors (Lipinski definition) is 5. The fraction of sp³-hybridized carbons (Fsp3) is 0.353. The van der Waals surface area contributed by atoms with Crippen molar-refractivity contribution in [2.75, 3.05) is 11.9 Å². The van der Waals surface area contributed by atoms with Crippen LogP contribution in [0.2, 0.25) is 0 Å². The zero-order chi connectivity index (χ0) is 15.8. The van der Waals surface area contributed by atoms with Gasteiger partial charge in [-0.2, -0.15) is 0 Å². The second kappa shape index (κ2) is 5.53. The highest BCUT2D eigenvalue weighted by Crippen LogP contribution is 2.31. The molecule has 4 rings (SSSR count). The predicted octanol–water partition coefficient (Wildman–Crippen LogP) is 1.57. The van der Waals surface area contributed by atoms with E-state index in [0.29, 0.717) is 25.4 Å². The maximum Gasteiger partial charge on any atom is 0.242 e. The third-order valence-electron chi connectivity index (χ3n) is 4.27. The Bertz CT molecular complexity index is 775. The molecule has 2 aliphatic rings. The van der Waals surface area contributed by atoms with E-state index in [2.05, 4.69) is 26.7 Å². The molecule has 1 saturated heterocycles. The summed E-state index contributed by atoms with van der Waals surface area (Å²) in [6.45, 7) is 2.98. The molecule has 1 aromatic heterocycles. The topological polar surface area (TPSA) is 76.1 Å². The van der Waals surface area contributed by atoms with Crippen LogP contribution in [-0.4, -0.2) is 28.5 Å². The van der Waals surface area contributed by atoms with Gasteiger partial charge in [-0.1, -0.05) is 18.2 Å². The van der Waals surface area contributed by atoms with Gasteiger partial charge < -0.3 is 15.4 Å². The first-order chi connectivity index (χ1) is 11.2. The van der Waals surface area contributed by atoms with Crippen LogP contribution in [0.4, 0.5) is 5.82 Å². The monoisotopic (exact) mass is 310 g/mol. The zero-order valence-electron chi connectivity index (χ0n) is 12.9. The van der Waals surface area contributed by atoms with E-state index < -0.39 is 0 Å². The normalized spacial score (nSPS) is 19.2. The average molecular weight is 310 g/mol. The van der Waals surface area contributed by atoms with Gasteiger partial charge in [-0.15, -0.1) is 0 Å². The summed E-state index contributed by atoms with van der Waals surface area (Å²) in [5, 5.41) is 6.14. The maximum absolute atomic E-state index is 11.9. The summed E-state index contributed by atoms with van der Waals surface area (Å²) < 4.78 is 5.88. The fourth-order valence-electron chi connectivity index (χ4n) is 3.10. The molecule has 23 heavy (non-hydrogen) atoms. The van der Waals surface area contributed by atoms with E-state index >= 15 is 0 Å². The molecule has 1 unspecified atom stereocenters. The van der Waals surface area contributed by atoms with Crippen molar-refractivity contribution < 1.29 is 9.53 Å². The minimum atomic E-state index is -0.229. The number of nitrogens with zero attached hydrogens (tertiary/aromatic N) is 2. The molecule has 2 aliphatic heterocycles. The molecule has 1 amide bonds. The van der Waals surface area contributed by atoms with Crippen molar-refractivity contribution in [3.05, 3.63) is 46.9 Å². The van der Waals surface area contributed by atoms with Gasteiger partial charge in [0.15, 0.2) is 0 Å². The zero-order valence-corrected chi connectivity index (χ0v) is 12.9. The molecule has 0 spiro atoms. The molecule has 0 aliphatic carbocycles. The third-order valence-corrected chi connectivity index (χ3v) is 4.27. The number of anilines is 1. The van der Waals surface area contributed by atoms with Crippen LogP contribution in [0.15, 0.2) is 24.3 Å². The van der Waals surface area contributed by atoms with Crippen molar-refractivity contribution in [1.29, 1.82) is 0 Å². The van der Waals surface area contributed by atoms with Crippen molar-refractivity contribution in [2.24, 2.45) is 0 Å². The summed E-state index contributed by atoms with van der Waals surface area (Å²) >= 11 is 0. The Morgan fingerprint density at radius 2 is 2.17 bits per heavy atom. The number of carbonyl (C=O) groups is 1. The molecule has 2 aromatic rings. The van der Waals surface area contributed by atoms with E-state index in [-0.39, 0.29) is 11.9 Å². The number of para-hydroxylation sites is 1. The smallest absolute Gasteiger partial charge is 0.242 e. The summed E-state index contributed by atoms with van der Waals surface area (Å²) in [5.41, 5.74) is 3.01. The number of aromatic nitrogens is 2. The van der Waals surface area contributed by atoms with Crippen LogP contribution in [0, 0.1) is 6.92 Å². The lowest BCUT2D eigenvalue weighted by atomic mass is 10.0. The van der Waals surface area contributed by atoms with Gasteiger partial charge in [-0.25, -0.2) is 9.97 Å². The highest BCUT2D eigenvalue weighted by molar-refractivity contribution is 5.86. The van der Waals surface area contributed by atoms with Crippen LogP contribution in [0.3, 0.4) is 0 Å². The molecule has 3 heterocycles. The van der Waals surface area contributed by atoms with Gasteiger partial charge in [0.1, 0.15) is 30.0 Å². The number of amides is 1. The molecule has 0 radical (unpaired) electrons. The van der Waals surface area contributed by atoms with E-state index in [1.54, 1.807) is 0 Å². The Hall–Kier alpha value is -2.63. The molecule has 1 aromatic carbocycles. The molecule has 0 bridgehead atoms. The number of carbonyl (C=O) groups excluding carboxylic acids is 1. The van der Waals surface area contributed by atoms with Crippen LogP contribution in [-0.2, 0) is 17.8 Å². The Balaban J connectivity index is 1.74. The second-order valence-electron chi connectivity index (χ2n) is 5.89. The van der Waals surface area contributed by atoms with Gasteiger partial charge in [0, 0.05) is 18.5 Å². The van der Waals surface area contributed by atoms with Crippen molar-refractivity contribution in [3.63, 3.8) is 0 Å². The quantitative estimate of drug-likeness (QED) is 0.880. The Labute approximate surface area is 134 Å². The van der Waals surface area contributed by atoms with Gasteiger partial charge in [-0.05, 0) is 25.0 Å². The summed E-state index contributed by atoms with van der Waals surface area (Å²) in [5.74, 6) is 2.34. The first kappa shape index (κ1) is 14.0. The summed E-state index contributed by atoms with van der Waals surface area (Å²) in [6, 6.07) is 7.76. The molecule has 2 N–H and O–H groups in total. The van der Waals surface area contributed by atoms with E-state index in [4.69, 9.17) is 4.74 Å². The number of benzene rings is 1. The Morgan fingerprint density at radius 1 is 1.30 bits per heavy atom. The van der Waals surface area contributed by atoms with Crippen LogP contribution in [0.1, 0.15) is 29.1 Å². The van der Waals surface area contributed by atoms with Gasteiger partial charge >= 0.3 is 0 Å². The van der Waals surface area contributed by atoms with E-state index in [0.717, 1.165) is 34.8 Å². The largest absolute Gasteiger partial charge is 0.487 e. The lowest BCUT2D eigenvalue weighted by Gasteiger charge is -2.16. The molecule has 1 fully saturated rings. The maximum atomic E-state index is 11.9. The van der Waals surface area contributed by atoms with E-state index in [1.807, 2.05) is 25.1 Å². The Morgan fingerprint density at radius 3 is 3.00 bits per heavy atom.